The van der Waals surface area contributed by atoms with Gasteiger partial charge in [-0.25, -0.2) is 0 Å². The molecule has 4 aromatic rings. The summed E-state index contributed by atoms with van der Waals surface area (Å²) in [7, 11) is 0. The Bertz CT molecular complexity index is 1380. The average molecular weight is 492 g/mol. The maximum Gasteiger partial charge on any atom is 0.277 e. The molecule has 0 N–H and O–H groups in total. The van der Waals surface area contributed by atoms with Crippen LogP contribution < -0.4 is 14.2 Å². The molecule has 0 radical (unpaired) electrons. The Morgan fingerprint density at radius 2 is 1.86 bits per heavy atom. The van der Waals surface area contributed by atoms with E-state index in [0.717, 1.165) is 28.4 Å². The van der Waals surface area contributed by atoms with Crippen molar-refractivity contribution < 1.29 is 23.4 Å². The molecule has 0 saturated heterocycles. The van der Waals surface area contributed by atoms with Crippen molar-refractivity contribution in [2.75, 3.05) is 25.6 Å². The maximum atomic E-state index is 13.1. The molecule has 0 fully saturated rings. The molecule has 5 rings (SSSR count). The van der Waals surface area contributed by atoms with E-state index in [1.165, 1.54) is 11.8 Å². The van der Waals surface area contributed by atoms with Crippen LogP contribution in [0.3, 0.4) is 0 Å². The number of para-hydroxylation sites is 1. The van der Waals surface area contributed by atoms with Crippen LogP contribution in [0.1, 0.15) is 28.7 Å². The lowest BCUT2D eigenvalue weighted by atomic mass is 10.2. The van der Waals surface area contributed by atoms with Gasteiger partial charge < -0.3 is 23.2 Å². The summed E-state index contributed by atoms with van der Waals surface area (Å²) < 4.78 is 24.8. The number of thioether (sulfide) groups is 1. The van der Waals surface area contributed by atoms with E-state index in [4.69, 9.17) is 18.6 Å². The standard InChI is InChI=1S/C26H25N3O5S/c1-4-31-22-8-6-5-7-19(22)25-27-28-26(34-25)35-15-21(30)20-13-16(2)29(17(20)3)18-9-10-23-24(14-18)33-12-11-32-23/h5-10,13-14H,4,11-12,15H2,1-3H3. The van der Waals surface area contributed by atoms with Gasteiger partial charge in [-0.15, -0.1) is 10.2 Å². The molecular formula is C26H25N3O5S. The molecule has 3 heterocycles. The summed E-state index contributed by atoms with van der Waals surface area (Å²) in [4.78, 5) is 13.1. The number of Topliss-reactive ketones (excluding diaryl/α,β-unsaturated/α-hetero) is 1. The molecular weight excluding hydrogens is 466 g/mol. The quantitative estimate of drug-likeness (QED) is 0.243. The van der Waals surface area contributed by atoms with Crippen LogP contribution in [0.4, 0.5) is 0 Å². The summed E-state index contributed by atoms with van der Waals surface area (Å²) in [5, 5.41) is 8.57. The molecule has 35 heavy (non-hydrogen) atoms. The van der Waals surface area contributed by atoms with Crippen molar-refractivity contribution >= 4 is 17.5 Å². The van der Waals surface area contributed by atoms with E-state index in [0.29, 0.717) is 48.0 Å². The lowest BCUT2D eigenvalue weighted by Crippen LogP contribution is -2.15. The van der Waals surface area contributed by atoms with Crippen LogP contribution in [0.15, 0.2) is 58.2 Å². The summed E-state index contributed by atoms with van der Waals surface area (Å²) in [5.74, 6) is 2.65. The van der Waals surface area contributed by atoms with Gasteiger partial charge in [0.1, 0.15) is 19.0 Å². The highest BCUT2D eigenvalue weighted by atomic mass is 32.2. The minimum absolute atomic E-state index is 0.0126. The van der Waals surface area contributed by atoms with Crippen molar-refractivity contribution in [1.29, 1.82) is 0 Å². The van der Waals surface area contributed by atoms with Crippen molar-refractivity contribution in [1.82, 2.24) is 14.8 Å². The molecule has 1 aliphatic heterocycles. The molecule has 0 bridgehead atoms. The van der Waals surface area contributed by atoms with Gasteiger partial charge >= 0.3 is 0 Å². The highest BCUT2D eigenvalue weighted by molar-refractivity contribution is 7.99. The Morgan fingerprint density at radius 1 is 1.06 bits per heavy atom. The predicted octanol–water partition coefficient (Wildman–Crippen LogP) is 5.29. The van der Waals surface area contributed by atoms with E-state index in [1.54, 1.807) is 0 Å². The molecule has 2 aromatic carbocycles. The molecule has 9 heteroatoms. The first-order chi connectivity index (χ1) is 17.0. The zero-order valence-corrected chi connectivity index (χ0v) is 20.6. The van der Waals surface area contributed by atoms with E-state index in [9.17, 15) is 4.79 Å². The van der Waals surface area contributed by atoms with Gasteiger partial charge in [0.15, 0.2) is 17.3 Å². The molecule has 0 amide bonds. The second-order valence-electron chi connectivity index (χ2n) is 7.96. The number of aromatic nitrogens is 3. The van der Waals surface area contributed by atoms with Crippen LogP contribution in [0.5, 0.6) is 17.2 Å². The number of carbonyl (C=O) groups excluding carboxylic acids is 1. The van der Waals surface area contributed by atoms with Gasteiger partial charge in [-0.2, -0.15) is 0 Å². The molecule has 0 unspecified atom stereocenters. The maximum absolute atomic E-state index is 13.1. The van der Waals surface area contributed by atoms with Gasteiger partial charge in [-0.3, -0.25) is 4.79 Å². The topological polar surface area (TPSA) is 88.6 Å². The van der Waals surface area contributed by atoms with Crippen molar-refractivity contribution in [3.63, 3.8) is 0 Å². The van der Waals surface area contributed by atoms with Crippen LogP contribution in [0.2, 0.25) is 0 Å². The first-order valence-corrected chi connectivity index (χ1v) is 12.3. The number of carbonyl (C=O) groups is 1. The van der Waals surface area contributed by atoms with E-state index >= 15 is 0 Å². The first kappa shape index (κ1) is 23.0. The Kier molecular flexibility index (Phi) is 6.50. The highest BCUT2D eigenvalue weighted by Gasteiger charge is 2.20. The van der Waals surface area contributed by atoms with E-state index in [1.807, 2.05) is 73.9 Å². The molecule has 1 aliphatic rings. The molecule has 0 aliphatic carbocycles. The van der Waals surface area contributed by atoms with Gasteiger partial charge in [0, 0.05) is 28.7 Å². The average Bonchev–Trinajstić information content (AvgIpc) is 3.46. The number of hydrogen-bond donors (Lipinski definition) is 0. The number of rotatable bonds is 8. The first-order valence-electron chi connectivity index (χ1n) is 11.4. The van der Waals surface area contributed by atoms with Gasteiger partial charge in [0.05, 0.1) is 17.9 Å². The zero-order chi connectivity index (χ0) is 24.4. The summed E-state index contributed by atoms with van der Waals surface area (Å²) in [6, 6.07) is 15.2. The minimum Gasteiger partial charge on any atom is -0.493 e. The van der Waals surface area contributed by atoms with Crippen LogP contribution in [-0.2, 0) is 0 Å². The molecule has 0 atom stereocenters. The molecule has 0 saturated carbocycles. The number of hydrogen-bond acceptors (Lipinski definition) is 8. The van der Waals surface area contributed by atoms with Crippen molar-refractivity contribution in [2.45, 2.75) is 26.0 Å². The summed E-state index contributed by atoms with van der Waals surface area (Å²) in [6.07, 6.45) is 0. The molecule has 0 spiro atoms. The van der Waals surface area contributed by atoms with E-state index < -0.39 is 0 Å². The largest absolute Gasteiger partial charge is 0.493 e. The monoisotopic (exact) mass is 491 g/mol. The van der Waals surface area contributed by atoms with Crippen molar-refractivity contribution in [3.05, 3.63) is 65.5 Å². The Morgan fingerprint density at radius 3 is 2.69 bits per heavy atom. The molecule has 2 aromatic heterocycles. The highest BCUT2D eigenvalue weighted by Crippen LogP contribution is 2.34. The smallest absolute Gasteiger partial charge is 0.277 e. The lowest BCUT2D eigenvalue weighted by Gasteiger charge is -2.20. The summed E-state index contributed by atoms with van der Waals surface area (Å²) in [5.41, 5.74) is 4.13. The fourth-order valence-corrected chi connectivity index (χ4v) is 4.77. The van der Waals surface area contributed by atoms with Crippen molar-refractivity contribution in [2.24, 2.45) is 0 Å². The zero-order valence-electron chi connectivity index (χ0n) is 19.7. The van der Waals surface area contributed by atoms with Gasteiger partial charge in [0.25, 0.3) is 11.1 Å². The minimum atomic E-state index is -0.0126. The Labute approximate surface area is 207 Å². The SMILES string of the molecule is CCOc1ccccc1-c1nnc(SCC(=O)c2cc(C)n(-c3ccc4c(c3)OCCO4)c2C)o1. The Hall–Kier alpha value is -3.72. The predicted molar refractivity (Wildman–Crippen MR) is 132 cm³/mol. The number of fused-ring (bicyclic) bond motifs is 1. The number of aryl methyl sites for hydroxylation is 1. The van der Waals surface area contributed by atoms with E-state index in [-0.39, 0.29) is 11.5 Å². The third-order valence-electron chi connectivity index (χ3n) is 5.67. The molecule has 180 valence electrons. The van der Waals surface area contributed by atoms with Gasteiger partial charge in [-0.05, 0) is 51.1 Å². The second-order valence-corrected chi connectivity index (χ2v) is 8.89. The van der Waals surface area contributed by atoms with Gasteiger partial charge in [0.2, 0.25) is 0 Å². The fourth-order valence-electron chi connectivity index (χ4n) is 4.12. The number of ketones is 1. The lowest BCUT2D eigenvalue weighted by molar-refractivity contribution is 0.102. The number of ether oxygens (including phenoxy) is 3. The summed E-state index contributed by atoms with van der Waals surface area (Å²) in [6.45, 7) is 7.44. The Balaban J connectivity index is 1.31. The fraction of sp³-hybridized carbons (Fsp3) is 0.269. The van der Waals surface area contributed by atoms with Crippen LogP contribution in [0.25, 0.3) is 17.1 Å². The number of nitrogens with zero attached hydrogens (tertiary/aromatic N) is 3. The normalized spacial score (nSPS) is 12.5. The summed E-state index contributed by atoms with van der Waals surface area (Å²) >= 11 is 1.22. The number of benzene rings is 2. The van der Waals surface area contributed by atoms with Crippen LogP contribution in [-0.4, -0.2) is 46.1 Å². The second kappa shape index (κ2) is 9.87. The van der Waals surface area contributed by atoms with Crippen LogP contribution in [0, 0.1) is 13.8 Å². The van der Waals surface area contributed by atoms with Crippen LogP contribution >= 0.6 is 11.8 Å². The van der Waals surface area contributed by atoms with E-state index in [2.05, 4.69) is 10.2 Å². The third kappa shape index (κ3) is 4.64. The van der Waals surface area contributed by atoms with Gasteiger partial charge in [-0.1, -0.05) is 23.9 Å². The molecule has 8 nitrogen and oxygen atoms in total. The third-order valence-corrected chi connectivity index (χ3v) is 6.48. The van der Waals surface area contributed by atoms with Crippen molar-refractivity contribution in [3.8, 4) is 34.4 Å².